The Kier molecular flexibility index (Phi) is 6.13. The zero-order valence-corrected chi connectivity index (χ0v) is 22.1. The number of nitrogens with one attached hydrogen (secondary N) is 2. The second-order valence-corrected chi connectivity index (χ2v) is 10.6. The summed E-state index contributed by atoms with van der Waals surface area (Å²) in [6.07, 6.45) is 2.21. The minimum absolute atomic E-state index is 0.152. The molecule has 0 bridgehead atoms. The number of fused-ring (bicyclic) bond motifs is 2. The summed E-state index contributed by atoms with van der Waals surface area (Å²) in [5.41, 5.74) is 16.5. The van der Waals surface area contributed by atoms with E-state index in [0.717, 1.165) is 77.1 Å². The molecule has 0 atom stereocenters. The summed E-state index contributed by atoms with van der Waals surface area (Å²) in [6, 6.07) is 30.8. The van der Waals surface area contributed by atoms with Crippen molar-refractivity contribution in [3.63, 3.8) is 0 Å². The Labute approximate surface area is 231 Å². The third-order valence-corrected chi connectivity index (χ3v) is 8.02. The van der Waals surface area contributed by atoms with Crippen molar-refractivity contribution >= 4 is 27.8 Å². The molecule has 0 radical (unpaired) electrons. The molecule has 0 saturated carbocycles. The summed E-state index contributed by atoms with van der Waals surface area (Å²) in [7, 11) is 0. The molecule has 0 aliphatic carbocycles. The van der Waals surface area contributed by atoms with Gasteiger partial charge < -0.3 is 15.7 Å². The molecule has 4 aromatic carbocycles. The summed E-state index contributed by atoms with van der Waals surface area (Å²) in [5, 5.41) is 0. The van der Waals surface area contributed by atoms with E-state index >= 15 is 0 Å². The molecule has 7 rings (SSSR count). The summed E-state index contributed by atoms with van der Waals surface area (Å²) < 4.78 is 0. The number of nitrogen functional groups attached to an aromatic ring is 1. The third kappa shape index (κ3) is 4.65. The first-order valence-electron chi connectivity index (χ1n) is 13.8. The van der Waals surface area contributed by atoms with Crippen LogP contribution in [0.4, 0.5) is 5.69 Å². The van der Waals surface area contributed by atoms with Gasteiger partial charge in [0, 0.05) is 23.4 Å². The van der Waals surface area contributed by atoms with Crippen LogP contribution >= 0.6 is 0 Å². The second-order valence-electron chi connectivity index (χ2n) is 10.6. The lowest BCUT2D eigenvalue weighted by atomic mass is 9.89. The maximum Gasteiger partial charge on any atom is 0.323 e. The van der Waals surface area contributed by atoms with E-state index in [-0.39, 0.29) is 5.69 Å². The van der Waals surface area contributed by atoms with Gasteiger partial charge in [0.15, 0.2) is 0 Å². The van der Waals surface area contributed by atoms with Crippen molar-refractivity contribution in [3.8, 4) is 22.5 Å². The normalized spacial score (nSPS) is 14.7. The van der Waals surface area contributed by atoms with E-state index in [9.17, 15) is 4.79 Å². The van der Waals surface area contributed by atoms with E-state index in [1.165, 1.54) is 11.1 Å². The van der Waals surface area contributed by atoms with Crippen LogP contribution in [0.3, 0.4) is 0 Å². The smallest absolute Gasteiger partial charge is 0.323 e. The second kappa shape index (κ2) is 10.1. The molecular formula is C33H30N6O. The average Bonchev–Trinajstić information content (AvgIpc) is 3.37. The largest absolute Gasteiger partial charge is 0.398 e. The number of para-hydroxylation sites is 3. The number of imidazole rings is 1. The maximum atomic E-state index is 11.6. The van der Waals surface area contributed by atoms with Crippen LogP contribution in [0.25, 0.3) is 44.6 Å². The van der Waals surface area contributed by atoms with Crippen LogP contribution in [0, 0.1) is 0 Å². The Morgan fingerprint density at radius 1 is 0.775 bits per heavy atom. The third-order valence-electron chi connectivity index (χ3n) is 8.02. The van der Waals surface area contributed by atoms with E-state index in [1.54, 1.807) is 0 Å². The molecule has 7 nitrogen and oxygen atoms in total. The van der Waals surface area contributed by atoms with Crippen LogP contribution in [0.1, 0.15) is 29.9 Å². The van der Waals surface area contributed by atoms with E-state index in [4.69, 9.17) is 15.7 Å². The number of hydrogen-bond donors (Lipinski definition) is 3. The number of H-pyrrole nitrogens is 2. The molecule has 0 spiro atoms. The van der Waals surface area contributed by atoms with Gasteiger partial charge in [0.1, 0.15) is 0 Å². The molecule has 2 aromatic heterocycles. The zero-order valence-electron chi connectivity index (χ0n) is 22.1. The lowest BCUT2D eigenvalue weighted by Crippen LogP contribution is -2.32. The number of nitrogens with zero attached hydrogens (tertiary/aromatic N) is 3. The molecule has 40 heavy (non-hydrogen) atoms. The molecule has 7 heteroatoms. The van der Waals surface area contributed by atoms with E-state index in [0.29, 0.717) is 11.6 Å². The first-order valence-corrected chi connectivity index (χ1v) is 13.8. The first kappa shape index (κ1) is 24.3. The molecule has 0 unspecified atom stereocenters. The van der Waals surface area contributed by atoms with Crippen molar-refractivity contribution in [1.29, 1.82) is 0 Å². The number of likely N-dealkylation sites (tertiary alicyclic amines) is 1. The van der Waals surface area contributed by atoms with Crippen molar-refractivity contribution in [3.05, 3.63) is 113 Å². The van der Waals surface area contributed by atoms with E-state index in [2.05, 4.69) is 51.3 Å². The fraction of sp³-hybridized carbons (Fsp3) is 0.182. The summed E-state index contributed by atoms with van der Waals surface area (Å²) in [5.74, 6) is 0.511. The molecular weight excluding hydrogens is 496 g/mol. The van der Waals surface area contributed by atoms with Crippen LogP contribution < -0.4 is 11.4 Å². The van der Waals surface area contributed by atoms with Gasteiger partial charge in [-0.3, -0.25) is 4.90 Å². The highest BCUT2D eigenvalue weighted by Crippen LogP contribution is 2.34. The standard InChI is InChI=1S/C33H30N6O/c34-26-6-2-1-5-25(26)32-31(35-27-7-3-4-8-28(27)36-32)23-11-9-21(10-12-23)20-39-17-15-22(16-18-39)24-13-14-29-30(19-24)38-33(40)37-29/h1-14,19,22H,15-18,20,34H2,(H2,37,38,40). The van der Waals surface area contributed by atoms with Gasteiger partial charge in [-0.15, -0.1) is 0 Å². The van der Waals surface area contributed by atoms with E-state index in [1.807, 2.05) is 54.6 Å². The highest BCUT2D eigenvalue weighted by Gasteiger charge is 2.21. The highest BCUT2D eigenvalue weighted by molar-refractivity contribution is 5.89. The quantitative estimate of drug-likeness (QED) is 0.236. The first-order chi connectivity index (χ1) is 19.6. The van der Waals surface area contributed by atoms with E-state index < -0.39 is 0 Å². The summed E-state index contributed by atoms with van der Waals surface area (Å²) >= 11 is 0. The summed E-state index contributed by atoms with van der Waals surface area (Å²) in [6.45, 7) is 3.00. The van der Waals surface area contributed by atoms with Crippen LogP contribution in [-0.2, 0) is 6.54 Å². The molecule has 1 aliphatic heterocycles. The topological polar surface area (TPSA) is 104 Å². The van der Waals surface area contributed by atoms with Crippen LogP contribution in [0.5, 0.6) is 0 Å². The van der Waals surface area contributed by atoms with Crippen LogP contribution in [-0.4, -0.2) is 37.9 Å². The Balaban J connectivity index is 1.09. The van der Waals surface area contributed by atoms with Gasteiger partial charge in [0.25, 0.3) is 0 Å². The van der Waals surface area contributed by atoms with Crippen molar-refractivity contribution in [2.24, 2.45) is 0 Å². The fourth-order valence-electron chi connectivity index (χ4n) is 5.86. The Bertz CT molecular complexity index is 1880. The number of anilines is 1. The highest BCUT2D eigenvalue weighted by atomic mass is 16.1. The predicted molar refractivity (Wildman–Crippen MR) is 161 cm³/mol. The molecule has 3 heterocycles. The van der Waals surface area contributed by atoms with Crippen molar-refractivity contribution in [2.75, 3.05) is 18.8 Å². The minimum atomic E-state index is -0.152. The molecule has 4 N–H and O–H groups in total. The fourth-order valence-corrected chi connectivity index (χ4v) is 5.86. The monoisotopic (exact) mass is 526 g/mol. The number of hydrogen-bond acceptors (Lipinski definition) is 5. The molecule has 1 saturated heterocycles. The van der Waals surface area contributed by atoms with Gasteiger partial charge in [-0.1, -0.05) is 60.7 Å². The number of piperidine rings is 1. The van der Waals surface area contributed by atoms with Gasteiger partial charge in [0.05, 0.1) is 33.5 Å². The number of aromatic nitrogens is 4. The number of aromatic amines is 2. The molecule has 1 aliphatic rings. The van der Waals surface area contributed by atoms with Gasteiger partial charge in [0.2, 0.25) is 0 Å². The van der Waals surface area contributed by atoms with Crippen LogP contribution in [0.15, 0.2) is 95.8 Å². The summed E-state index contributed by atoms with van der Waals surface area (Å²) in [4.78, 5) is 29.8. The Morgan fingerprint density at radius 2 is 1.45 bits per heavy atom. The zero-order chi connectivity index (χ0) is 27.1. The van der Waals surface area contributed by atoms with Gasteiger partial charge in [-0.25, -0.2) is 14.8 Å². The molecule has 198 valence electrons. The minimum Gasteiger partial charge on any atom is -0.398 e. The number of rotatable bonds is 5. The van der Waals surface area contributed by atoms with Crippen LogP contribution in [0.2, 0.25) is 0 Å². The van der Waals surface area contributed by atoms with Gasteiger partial charge in [-0.2, -0.15) is 0 Å². The van der Waals surface area contributed by atoms with Crippen molar-refractivity contribution in [1.82, 2.24) is 24.8 Å². The number of benzene rings is 4. The van der Waals surface area contributed by atoms with Gasteiger partial charge in [-0.05, 0) is 73.3 Å². The molecule has 1 fully saturated rings. The van der Waals surface area contributed by atoms with Crippen molar-refractivity contribution in [2.45, 2.75) is 25.3 Å². The Morgan fingerprint density at radius 3 is 2.20 bits per heavy atom. The average molecular weight is 527 g/mol. The predicted octanol–water partition coefficient (Wildman–Crippen LogP) is 6.10. The molecule has 0 amide bonds. The van der Waals surface area contributed by atoms with Crippen molar-refractivity contribution < 1.29 is 0 Å². The Hall–Kier alpha value is -4.75. The lowest BCUT2D eigenvalue weighted by Gasteiger charge is -2.32. The number of nitrogens with two attached hydrogens (primary N) is 1. The van der Waals surface area contributed by atoms with Gasteiger partial charge >= 0.3 is 5.69 Å². The SMILES string of the molecule is Nc1ccccc1-c1nc2ccccc2nc1-c1ccc(CN2CCC(c3ccc4[nH]c(=O)[nH]c4c3)CC2)cc1. The molecule has 6 aromatic rings. The maximum absolute atomic E-state index is 11.6. The lowest BCUT2D eigenvalue weighted by molar-refractivity contribution is 0.204.